The first-order valence-corrected chi connectivity index (χ1v) is 8.32. The smallest absolute Gasteiger partial charge is 0.243 e. The van der Waals surface area contributed by atoms with E-state index in [0.29, 0.717) is 24.6 Å². The molecule has 22 heavy (non-hydrogen) atoms. The lowest BCUT2D eigenvalue weighted by atomic mass is 10.1. The molecule has 2 unspecified atom stereocenters. The molecule has 2 atom stereocenters. The summed E-state index contributed by atoms with van der Waals surface area (Å²) in [5.74, 6) is 0.924. The van der Waals surface area contributed by atoms with Crippen LogP contribution in [0.3, 0.4) is 0 Å². The number of hydrogen-bond acceptors (Lipinski definition) is 5. The quantitative estimate of drug-likeness (QED) is 0.891. The summed E-state index contributed by atoms with van der Waals surface area (Å²) in [6.07, 6.45) is 0. The molecule has 1 heterocycles. The average Bonchev–Trinajstić information content (AvgIpc) is 2.49. The highest BCUT2D eigenvalue weighted by Gasteiger charge is 2.34. The van der Waals surface area contributed by atoms with Crippen molar-refractivity contribution in [3.63, 3.8) is 0 Å². The van der Waals surface area contributed by atoms with Gasteiger partial charge in [0, 0.05) is 43.4 Å². The van der Waals surface area contributed by atoms with Gasteiger partial charge in [0.05, 0.1) is 19.1 Å². The molecule has 0 aliphatic carbocycles. The van der Waals surface area contributed by atoms with Crippen molar-refractivity contribution >= 4 is 22.4 Å². The zero-order chi connectivity index (χ0) is 15.6. The Hall–Kier alpha value is -1.02. The number of nitrogens with zero attached hydrogens (tertiary/aromatic N) is 1. The molecule has 0 amide bonds. The van der Waals surface area contributed by atoms with Crippen molar-refractivity contribution in [3.8, 4) is 11.5 Å². The van der Waals surface area contributed by atoms with Gasteiger partial charge in [-0.25, -0.2) is 8.42 Å². The number of methoxy groups -OCH3 is 2. The minimum atomic E-state index is -3.58. The summed E-state index contributed by atoms with van der Waals surface area (Å²) in [6, 6.07) is 4.71. The van der Waals surface area contributed by atoms with Gasteiger partial charge in [-0.2, -0.15) is 4.31 Å². The van der Waals surface area contributed by atoms with E-state index < -0.39 is 10.0 Å². The second-order valence-corrected chi connectivity index (χ2v) is 7.04. The summed E-state index contributed by atoms with van der Waals surface area (Å²) in [4.78, 5) is 0.194. The maximum absolute atomic E-state index is 12.9. The summed E-state index contributed by atoms with van der Waals surface area (Å²) in [6.45, 7) is 4.99. The highest BCUT2D eigenvalue weighted by Crippen LogP contribution is 2.29. The van der Waals surface area contributed by atoms with E-state index in [2.05, 4.69) is 5.32 Å². The van der Waals surface area contributed by atoms with Gasteiger partial charge in [0.1, 0.15) is 11.5 Å². The highest BCUT2D eigenvalue weighted by atomic mass is 35.5. The number of halogens is 1. The molecule has 1 fully saturated rings. The fraction of sp³-hybridized carbons (Fsp3) is 0.571. The Morgan fingerprint density at radius 2 is 1.68 bits per heavy atom. The van der Waals surface area contributed by atoms with E-state index in [-0.39, 0.29) is 29.4 Å². The summed E-state index contributed by atoms with van der Waals surface area (Å²) < 4.78 is 37.6. The van der Waals surface area contributed by atoms with Crippen LogP contribution < -0.4 is 14.8 Å². The second kappa shape index (κ2) is 7.50. The lowest BCUT2D eigenvalue weighted by Crippen LogP contribution is -2.57. The molecule has 1 N–H and O–H groups in total. The second-order valence-electron chi connectivity index (χ2n) is 5.15. The third-order valence-corrected chi connectivity index (χ3v) is 5.87. The number of piperazine rings is 1. The van der Waals surface area contributed by atoms with Crippen LogP contribution in [0.5, 0.6) is 11.5 Å². The summed E-state index contributed by atoms with van der Waals surface area (Å²) in [5.41, 5.74) is 0. The van der Waals surface area contributed by atoms with Crippen LogP contribution >= 0.6 is 12.4 Å². The average molecular weight is 351 g/mol. The third-order valence-electron chi connectivity index (χ3n) is 3.91. The molecule has 1 aliphatic heterocycles. The monoisotopic (exact) mass is 350 g/mol. The normalized spacial score (nSPS) is 22.7. The number of benzene rings is 1. The number of sulfonamides is 1. The molecular formula is C14H23ClN2O4S. The van der Waals surface area contributed by atoms with E-state index in [9.17, 15) is 8.42 Å². The Morgan fingerprint density at radius 1 is 1.14 bits per heavy atom. The standard InChI is InChI=1S/C14H22N2O4S.ClH/c1-10-11(2)16(6-5-15-10)21(17,18)14-8-12(19-3)7-13(9-14)20-4;/h7-11,15H,5-6H2,1-4H3;1H. The van der Waals surface area contributed by atoms with Crippen molar-refractivity contribution in [2.75, 3.05) is 27.3 Å². The molecule has 0 radical (unpaired) electrons. The zero-order valence-corrected chi connectivity index (χ0v) is 14.8. The summed E-state index contributed by atoms with van der Waals surface area (Å²) >= 11 is 0. The molecule has 6 nitrogen and oxygen atoms in total. The van der Waals surface area contributed by atoms with Crippen LogP contribution in [0.15, 0.2) is 23.1 Å². The van der Waals surface area contributed by atoms with Crippen molar-refractivity contribution in [2.45, 2.75) is 30.8 Å². The van der Waals surface area contributed by atoms with Gasteiger partial charge in [-0.1, -0.05) is 0 Å². The van der Waals surface area contributed by atoms with Crippen LogP contribution in [-0.4, -0.2) is 52.1 Å². The maximum Gasteiger partial charge on any atom is 0.243 e. The van der Waals surface area contributed by atoms with Gasteiger partial charge < -0.3 is 14.8 Å². The lowest BCUT2D eigenvalue weighted by molar-refractivity contribution is 0.232. The minimum absolute atomic E-state index is 0. The molecular weight excluding hydrogens is 328 g/mol. The molecule has 1 aromatic rings. The molecule has 0 saturated carbocycles. The van der Waals surface area contributed by atoms with E-state index in [1.165, 1.54) is 30.7 Å². The van der Waals surface area contributed by atoms with Gasteiger partial charge in [0.15, 0.2) is 0 Å². The first-order valence-electron chi connectivity index (χ1n) is 6.88. The third kappa shape index (κ3) is 3.65. The Bertz CT molecular complexity index is 587. The van der Waals surface area contributed by atoms with Crippen molar-refractivity contribution in [1.29, 1.82) is 0 Å². The molecule has 126 valence electrons. The van der Waals surface area contributed by atoms with Gasteiger partial charge in [-0.05, 0) is 13.8 Å². The summed E-state index contributed by atoms with van der Waals surface area (Å²) in [5, 5.41) is 3.27. The van der Waals surface area contributed by atoms with E-state index in [4.69, 9.17) is 9.47 Å². The van der Waals surface area contributed by atoms with Gasteiger partial charge in [0.25, 0.3) is 0 Å². The molecule has 1 aliphatic rings. The topological polar surface area (TPSA) is 67.9 Å². The van der Waals surface area contributed by atoms with Gasteiger partial charge in [-0.15, -0.1) is 12.4 Å². The molecule has 8 heteroatoms. The van der Waals surface area contributed by atoms with E-state index in [1.54, 1.807) is 6.07 Å². The molecule has 2 rings (SSSR count). The highest BCUT2D eigenvalue weighted by molar-refractivity contribution is 7.89. The van der Waals surface area contributed by atoms with Gasteiger partial charge >= 0.3 is 0 Å². The lowest BCUT2D eigenvalue weighted by Gasteiger charge is -2.37. The van der Waals surface area contributed by atoms with Crippen LogP contribution in [0.4, 0.5) is 0 Å². The molecule has 1 saturated heterocycles. The van der Waals surface area contributed by atoms with E-state index in [0.717, 1.165) is 0 Å². The SMILES string of the molecule is COc1cc(OC)cc(S(=O)(=O)N2CCNC(C)C2C)c1.Cl. The number of hydrogen-bond donors (Lipinski definition) is 1. The van der Waals surface area contributed by atoms with Gasteiger partial charge in [-0.3, -0.25) is 0 Å². The van der Waals surface area contributed by atoms with Gasteiger partial charge in [0.2, 0.25) is 10.0 Å². The fourth-order valence-corrected chi connectivity index (χ4v) is 4.18. The van der Waals surface area contributed by atoms with Crippen LogP contribution in [0.25, 0.3) is 0 Å². The van der Waals surface area contributed by atoms with Crippen LogP contribution in [0.1, 0.15) is 13.8 Å². The number of rotatable bonds is 4. The fourth-order valence-electron chi connectivity index (χ4n) is 2.43. The van der Waals surface area contributed by atoms with E-state index >= 15 is 0 Å². The Balaban J connectivity index is 0.00000242. The van der Waals surface area contributed by atoms with Crippen molar-refractivity contribution in [3.05, 3.63) is 18.2 Å². The van der Waals surface area contributed by atoms with Crippen LogP contribution in [-0.2, 0) is 10.0 Å². The van der Waals surface area contributed by atoms with Crippen LogP contribution in [0, 0.1) is 0 Å². The Morgan fingerprint density at radius 3 is 2.18 bits per heavy atom. The predicted molar refractivity (Wildman–Crippen MR) is 87.6 cm³/mol. The Labute approximate surface area is 138 Å². The predicted octanol–water partition coefficient (Wildman–Crippen LogP) is 1.50. The minimum Gasteiger partial charge on any atom is -0.497 e. The maximum atomic E-state index is 12.9. The Kier molecular flexibility index (Phi) is 6.49. The number of nitrogens with one attached hydrogen (secondary N) is 1. The molecule has 0 spiro atoms. The molecule has 1 aromatic carbocycles. The largest absolute Gasteiger partial charge is 0.497 e. The summed E-state index contributed by atoms with van der Waals surface area (Å²) in [7, 11) is -0.575. The zero-order valence-electron chi connectivity index (χ0n) is 13.2. The first-order chi connectivity index (χ1) is 9.90. The molecule has 0 bridgehead atoms. The first kappa shape index (κ1) is 19.0. The van der Waals surface area contributed by atoms with E-state index in [1.807, 2.05) is 13.8 Å². The number of ether oxygens (including phenoxy) is 2. The molecule has 0 aromatic heterocycles. The van der Waals surface area contributed by atoms with Crippen LogP contribution in [0.2, 0.25) is 0 Å². The van der Waals surface area contributed by atoms with Crippen molar-refractivity contribution < 1.29 is 17.9 Å². The van der Waals surface area contributed by atoms with Crippen molar-refractivity contribution in [2.24, 2.45) is 0 Å². The van der Waals surface area contributed by atoms with Crippen molar-refractivity contribution in [1.82, 2.24) is 9.62 Å².